The van der Waals surface area contributed by atoms with E-state index in [1.807, 2.05) is 6.92 Å². The molecule has 1 saturated carbocycles. The van der Waals surface area contributed by atoms with E-state index in [4.69, 9.17) is 0 Å². The monoisotopic (exact) mass is 252 g/mol. The Morgan fingerprint density at radius 2 is 1.61 bits per heavy atom. The van der Waals surface area contributed by atoms with E-state index in [1.165, 1.54) is 0 Å². The fraction of sp³-hybridized carbons (Fsp3) is 0.625. The minimum Gasteiger partial charge on any atom is -0.201 e. The van der Waals surface area contributed by atoms with Crippen molar-refractivity contribution in [2.24, 2.45) is 11.8 Å². The molecule has 1 aromatic carbocycles. The Kier molecular flexibility index (Phi) is 4.04. The van der Waals surface area contributed by atoms with E-state index in [0.717, 1.165) is 31.2 Å². The van der Waals surface area contributed by atoms with E-state index in [1.54, 1.807) is 24.3 Å². The number of rotatable bonds is 3. The van der Waals surface area contributed by atoms with E-state index in [9.17, 15) is 8.78 Å². The van der Waals surface area contributed by atoms with Gasteiger partial charge in [0.15, 0.2) is 0 Å². The second-order valence-corrected chi connectivity index (χ2v) is 5.90. The smallest absolute Gasteiger partial charge is 0.201 e. The lowest BCUT2D eigenvalue weighted by molar-refractivity contribution is -0.0350. The van der Waals surface area contributed by atoms with Crippen LogP contribution in [0.5, 0.6) is 0 Å². The molecule has 0 N–H and O–H groups in total. The summed E-state index contributed by atoms with van der Waals surface area (Å²) in [5.41, 5.74) is 1.20. The average molecular weight is 252 g/mol. The summed E-state index contributed by atoms with van der Waals surface area (Å²) in [6.45, 7) is 4.14. The first-order chi connectivity index (χ1) is 8.47. The highest BCUT2D eigenvalue weighted by molar-refractivity contribution is 5.25. The van der Waals surface area contributed by atoms with Gasteiger partial charge in [0.25, 0.3) is 5.92 Å². The number of hydrogen-bond donors (Lipinski definition) is 0. The lowest BCUT2D eigenvalue weighted by Crippen LogP contribution is -2.22. The van der Waals surface area contributed by atoms with Crippen molar-refractivity contribution in [3.63, 3.8) is 0 Å². The van der Waals surface area contributed by atoms with Gasteiger partial charge in [-0.3, -0.25) is 0 Å². The van der Waals surface area contributed by atoms with Crippen LogP contribution in [-0.2, 0) is 5.92 Å². The number of hydrogen-bond acceptors (Lipinski definition) is 0. The zero-order valence-corrected chi connectivity index (χ0v) is 11.3. The van der Waals surface area contributed by atoms with Gasteiger partial charge in [-0.25, -0.2) is 8.78 Å². The lowest BCUT2D eigenvalue weighted by Gasteiger charge is -2.29. The van der Waals surface area contributed by atoms with Crippen LogP contribution < -0.4 is 0 Å². The van der Waals surface area contributed by atoms with Gasteiger partial charge < -0.3 is 0 Å². The van der Waals surface area contributed by atoms with Crippen molar-refractivity contribution in [2.45, 2.75) is 51.9 Å². The summed E-state index contributed by atoms with van der Waals surface area (Å²) >= 11 is 0. The van der Waals surface area contributed by atoms with Gasteiger partial charge in [0, 0.05) is 12.0 Å². The highest BCUT2D eigenvalue weighted by Crippen LogP contribution is 2.40. The SMILES string of the molecule is Cc1ccc(C(F)(F)CC2CCC(C)CC2)cc1. The van der Waals surface area contributed by atoms with Crippen LogP contribution >= 0.6 is 0 Å². The quantitative estimate of drug-likeness (QED) is 0.684. The Bertz CT molecular complexity index is 373. The number of alkyl halides is 2. The molecule has 1 aromatic rings. The Morgan fingerprint density at radius 1 is 1.06 bits per heavy atom. The van der Waals surface area contributed by atoms with E-state index >= 15 is 0 Å². The molecule has 0 unspecified atom stereocenters. The van der Waals surface area contributed by atoms with Gasteiger partial charge in [0.2, 0.25) is 0 Å². The fourth-order valence-electron chi connectivity index (χ4n) is 2.81. The van der Waals surface area contributed by atoms with Gasteiger partial charge >= 0.3 is 0 Å². The van der Waals surface area contributed by atoms with Gasteiger partial charge in [0.05, 0.1) is 0 Å². The molecule has 0 spiro atoms. The molecule has 0 saturated heterocycles. The fourth-order valence-corrected chi connectivity index (χ4v) is 2.81. The molecule has 0 atom stereocenters. The third-order valence-corrected chi connectivity index (χ3v) is 4.15. The maximum Gasteiger partial charge on any atom is 0.273 e. The molecule has 2 heteroatoms. The molecule has 1 aliphatic rings. The van der Waals surface area contributed by atoms with Crippen molar-refractivity contribution in [2.75, 3.05) is 0 Å². The molecule has 0 aliphatic heterocycles. The van der Waals surface area contributed by atoms with Crippen LogP contribution in [0.3, 0.4) is 0 Å². The highest BCUT2D eigenvalue weighted by atomic mass is 19.3. The van der Waals surface area contributed by atoms with Crippen LogP contribution in [0.25, 0.3) is 0 Å². The number of aryl methyl sites for hydroxylation is 1. The predicted octanol–water partition coefficient (Wildman–Crippen LogP) is 5.30. The van der Waals surface area contributed by atoms with E-state index in [2.05, 4.69) is 6.92 Å². The highest BCUT2D eigenvalue weighted by Gasteiger charge is 2.35. The molecule has 1 fully saturated rings. The predicted molar refractivity (Wildman–Crippen MR) is 70.8 cm³/mol. The zero-order chi connectivity index (χ0) is 13.2. The summed E-state index contributed by atoms with van der Waals surface area (Å²) in [5, 5.41) is 0. The van der Waals surface area contributed by atoms with Crippen LogP contribution in [0, 0.1) is 18.8 Å². The summed E-state index contributed by atoms with van der Waals surface area (Å²) in [7, 11) is 0. The first-order valence-electron chi connectivity index (χ1n) is 6.92. The molecule has 100 valence electrons. The topological polar surface area (TPSA) is 0 Å². The van der Waals surface area contributed by atoms with E-state index < -0.39 is 5.92 Å². The summed E-state index contributed by atoms with van der Waals surface area (Å²) in [6.07, 6.45) is 4.15. The molecule has 18 heavy (non-hydrogen) atoms. The molecule has 1 aliphatic carbocycles. The third-order valence-electron chi connectivity index (χ3n) is 4.15. The normalized spacial score (nSPS) is 25.1. The largest absolute Gasteiger partial charge is 0.273 e. The average Bonchev–Trinajstić information content (AvgIpc) is 2.32. The standard InChI is InChI=1S/C16H22F2/c1-12-3-7-14(8-4-12)11-16(17,18)15-9-5-13(2)6-10-15/h5-6,9-10,12,14H,3-4,7-8,11H2,1-2H3. The van der Waals surface area contributed by atoms with Crippen molar-refractivity contribution >= 4 is 0 Å². The van der Waals surface area contributed by atoms with Gasteiger partial charge in [0.1, 0.15) is 0 Å². The van der Waals surface area contributed by atoms with Crippen LogP contribution in [0.1, 0.15) is 50.2 Å². The minimum absolute atomic E-state index is 0.0166. The first-order valence-corrected chi connectivity index (χ1v) is 6.92. The molecule has 0 aromatic heterocycles. The maximum absolute atomic E-state index is 14.2. The second-order valence-electron chi connectivity index (χ2n) is 5.90. The summed E-state index contributed by atoms with van der Waals surface area (Å²) < 4.78 is 28.3. The van der Waals surface area contributed by atoms with Crippen LogP contribution in [0.2, 0.25) is 0 Å². The minimum atomic E-state index is -2.67. The summed E-state index contributed by atoms with van der Waals surface area (Å²) in [5.74, 6) is -1.76. The molecule has 0 bridgehead atoms. The van der Waals surface area contributed by atoms with Crippen molar-refractivity contribution in [1.82, 2.24) is 0 Å². The Balaban J connectivity index is 2.00. The molecule has 0 nitrogen and oxygen atoms in total. The third kappa shape index (κ3) is 3.30. The van der Waals surface area contributed by atoms with Crippen molar-refractivity contribution < 1.29 is 8.78 Å². The molecule has 2 rings (SSSR count). The van der Waals surface area contributed by atoms with Gasteiger partial charge in [-0.15, -0.1) is 0 Å². The zero-order valence-electron chi connectivity index (χ0n) is 11.3. The van der Waals surface area contributed by atoms with Crippen molar-refractivity contribution in [1.29, 1.82) is 0 Å². The number of benzene rings is 1. The molecule has 0 amide bonds. The lowest BCUT2D eigenvalue weighted by atomic mass is 9.79. The van der Waals surface area contributed by atoms with Gasteiger partial charge in [-0.1, -0.05) is 49.6 Å². The number of halogens is 2. The van der Waals surface area contributed by atoms with Gasteiger partial charge in [-0.2, -0.15) is 0 Å². The van der Waals surface area contributed by atoms with Crippen LogP contribution in [0.4, 0.5) is 8.78 Å². The van der Waals surface area contributed by atoms with Gasteiger partial charge in [-0.05, 0) is 31.6 Å². The first kappa shape index (κ1) is 13.5. The Labute approximate surface area is 108 Å². The van der Waals surface area contributed by atoms with Crippen LogP contribution in [0.15, 0.2) is 24.3 Å². The summed E-state index contributed by atoms with van der Waals surface area (Å²) in [4.78, 5) is 0. The van der Waals surface area contributed by atoms with E-state index in [-0.39, 0.29) is 17.9 Å². The molecular weight excluding hydrogens is 230 g/mol. The van der Waals surface area contributed by atoms with E-state index in [0.29, 0.717) is 5.92 Å². The summed E-state index contributed by atoms with van der Waals surface area (Å²) in [6, 6.07) is 6.68. The molecular formula is C16H22F2. The second kappa shape index (κ2) is 5.38. The Morgan fingerprint density at radius 3 is 2.17 bits per heavy atom. The van der Waals surface area contributed by atoms with Crippen LogP contribution in [-0.4, -0.2) is 0 Å². The maximum atomic E-state index is 14.2. The van der Waals surface area contributed by atoms with Crippen molar-refractivity contribution in [3.8, 4) is 0 Å². The molecule has 0 heterocycles. The Hall–Kier alpha value is -0.920. The molecule has 0 radical (unpaired) electrons. The van der Waals surface area contributed by atoms with Crippen molar-refractivity contribution in [3.05, 3.63) is 35.4 Å².